The van der Waals surface area contributed by atoms with Crippen molar-refractivity contribution in [2.45, 2.75) is 50.7 Å². The van der Waals surface area contributed by atoms with Crippen LogP contribution in [0.4, 0.5) is 0 Å². The largest absolute Gasteiger partial charge is 0.481 e. The molecule has 0 amide bonds. The van der Waals surface area contributed by atoms with Gasteiger partial charge in [0, 0.05) is 23.7 Å². The summed E-state index contributed by atoms with van der Waals surface area (Å²) in [5.74, 6) is 0.384. The van der Waals surface area contributed by atoms with Gasteiger partial charge in [0.25, 0.3) is 5.79 Å². The number of carbonyl (C=O) groups is 1. The molecule has 108 valence electrons. The van der Waals surface area contributed by atoms with Crippen LogP contribution in [-0.2, 0) is 11.2 Å². The van der Waals surface area contributed by atoms with E-state index < -0.39 is 11.8 Å². The summed E-state index contributed by atoms with van der Waals surface area (Å²) in [4.78, 5) is 10.6. The van der Waals surface area contributed by atoms with Crippen molar-refractivity contribution in [3.8, 4) is 11.5 Å². The van der Waals surface area contributed by atoms with Crippen LogP contribution >= 0.6 is 15.9 Å². The van der Waals surface area contributed by atoms with Crippen LogP contribution in [0.15, 0.2) is 16.6 Å². The molecule has 0 aromatic heterocycles. The second-order valence-corrected chi connectivity index (χ2v) is 6.31. The summed E-state index contributed by atoms with van der Waals surface area (Å²) in [6.07, 6.45) is 5.68. The molecule has 0 saturated heterocycles. The van der Waals surface area contributed by atoms with Gasteiger partial charge in [0.2, 0.25) is 0 Å². The number of benzene rings is 1. The lowest BCUT2D eigenvalue weighted by Crippen LogP contribution is -2.34. The molecule has 1 aromatic carbocycles. The second-order valence-electron chi connectivity index (χ2n) is 5.46. The first kappa shape index (κ1) is 13.7. The SMILES string of the molecule is O=C(O)CCCc1cc2c(cc1Br)OC1(CCCC1)O2. The van der Waals surface area contributed by atoms with E-state index in [2.05, 4.69) is 15.9 Å². The van der Waals surface area contributed by atoms with Crippen LogP contribution in [0, 0.1) is 0 Å². The van der Waals surface area contributed by atoms with E-state index in [9.17, 15) is 4.79 Å². The lowest BCUT2D eigenvalue weighted by molar-refractivity contribution is -0.137. The number of fused-ring (bicyclic) bond motifs is 1. The predicted molar refractivity (Wildman–Crippen MR) is 77.2 cm³/mol. The maximum atomic E-state index is 10.6. The number of carboxylic acid groups (broad SMARTS) is 1. The Morgan fingerprint density at radius 2 is 1.90 bits per heavy atom. The average molecular weight is 341 g/mol. The molecular weight excluding hydrogens is 324 g/mol. The second kappa shape index (κ2) is 5.28. The molecule has 2 aliphatic rings. The number of hydrogen-bond donors (Lipinski definition) is 1. The van der Waals surface area contributed by atoms with E-state index >= 15 is 0 Å². The summed E-state index contributed by atoms with van der Waals surface area (Å²) < 4.78 is 13.0. The van der Waals surface area contributed by atoms with Crippen molar-refractivity contribution in [3.63, 3.8) is 0 Å². The van der Waals surface area contributed by atoms with Gasteiger partial charge in [-0.25, -0.2) is 0 Å². The van der Waals surface area contributed by atoms with E-state index in [0.29, 0.717) is 6.42 Å². The fourth-order valence-electron chi connectivity index (χ4n) is 2.90. The molecule has 0 atom stereocenters. The molecule has 0 unspecified atom stereocenters. The maximum absolute atomic E-state index is 10.6. The Bertz CT molecular complexity index is 535. The van der Waals surface area contributed by atoms with Gasteiger partial charge in [-0.1, -0.05) is 15.9 Å². The summed E-state index contributed by atoms with van der Waals surface area (Å²) in [5.41, 5.74) is 1.07. The zero-order chi connectivity index (χ0) is 14.2. The molecule has 20 heavy (non-hydrogen) atoms. The van der Waals surface area contributed by atoms with Gasteiger partial charge < -0.3 is 14.6 Å². The quantitative estimate of drug-likeness (QED) is 0.903. The van der Waals surface area contributed by atoms with Crippen molar-refractivity contribution >= 4 is 21.9 Å². The Balaban J connectivity index is 1.75. The molecule has 1 heterocycles. The summed E-state index contributed by atoms with van der Waals surface area (Å²) in [6, 6.07) is 3.92. The van der Waals surface area contributed by atoms with Crippen LogP contribution in [-0.4, -0.2) is 16.9 Å². The van der Waals surface area contributed by atoms with Gasteiger partial charge in [-0.05, 0) is 43.4 Å². The Kier molecular flexibility index (Phi) is 3.63. The van der Waals surface area contributed by atoms with Gasteiger partial charge in [0.05, 0.1) is 0 Å². The van der Waals surface area contributed by atoms with Gasteiger partial charge in [0.15, 0.2) is 11.5 Å². The van der Waals surface area contributed by atoms with Crippen molar-refractivity contribution in [1.82, 2.24) is 0 Å². The Hall–Kier alpha value is -1.23. The smallest absolute Gasteiger partial charge is 0.303 e. The molecular formula is C15H17BrO4. The van der Waals surface area contributed by atoms with E-state index in [1.54, 1.807) is 0 Å². The number of rotatable bonds is 4. The third-order valence-corrected chi connectivity index (χ3v) is 4.64. The Labute approximate surface area is 126 Å². The summed E-state index contributed by atoms with van der Waals surface area (Å²) >= 11 is 3.53. The fourth-order valence-corrected chi connectivity index (χ4v) is 3.42. The van der Waals surface area contributed by atoms with E-state index in [1.165, 1.54) is 0 Å². The normalized spacial score (nSPS) is 18.6. The lowest BCUT2D eigenvalue weighted by atomic mass is 10.1. The average Bonchev–Trinajstić information content (AvgIpc) is 2.96. The van der Waals surface area contributed by atoms with E-state index in [4.69, 9.17) is 14.6 Å². The van der Waals surface area contributed by atoms with Crippen LogP contribution < -0.4 is 9.47 Å². The highest BCUT2D eigenvalue weighted by atomic mass is 79.9. The van der Waals surface area contributed by atoms with Crippen LogP contribution in [0.1, 0.15) is 44.1 Å². The van der Waals surface area contributed by atoms with Crippen LogP contribution in [0.3, 0.4) is 0 Å². The van der Waals surface area contributed by atoms with E-state index in [-0.39, 0.29) is 6.42 Å². The first-order valence-corrected chi connectivity index (χ1v) is 7.80. The van der Waals surface area contributed by atoms with Crippen LogP contribution in [0.2, 0.25) is 0 Å². The predicted octanol–water partition coefficient (Wildman–Crippen LogP) is 3.90. The van der Waals surface area contributed by atoms with Crippen molar-refractivity contribution < 1.29 is 19.4 Å². The number of aryl methyl sites for hydroxylation is 1. The standard InChI is InChI=1S/C15H17BrO4/c16-11-9-13-12(8-10(11)4-3-5-14(17)18)19-15(20-13)6-1-2-7-15/h8-9H,1-7H2,(H,17,18). The molecule has 4 nitrogen and oxygen atoms in total. The molecule has 1 aliphatic carbocycles. The first-order valence-electron chi connectivity index (χ1n) is 7.00. The summed E-state index contributed by atoms with van der Waals surface area (Å²) in [6.45, 7) is 0. The highest BCUT2D eigenvalue weighted by Gasteiger charge is 2.44. The number of ether oxygens (including phenoxy) is 2. The molecule has 3 rings (SSSR count). The third kappa shape index (κ3) is 2.64. The molecule has 1 spiro atoms. The minimum absolute atomic E-state index is 0.185. The molecule has 5 heteroatoms. The lowest BCUT2D eigenvalue weighted by Gasteiger charge is -2.21. The van der Waals surface area contributed by atoms with Crippen LogP contribution in [0.5, 0.6) is 11.5 Å². The maximum Gasteiger partial charge on any atom is 0.303 e. The molecule has 0 radical (unpaired) electrons. The number of aliphatic carboxylic acids is 1. The van der Waals surface area contributed by atoms with Gasteiger partial charge in [-0.15, -0.1) is 0 Å². The summed E-state index contributed by atoms with van der Waals surface area (Å²) in [5, 5.41) is 8.70. The van der Waals surface area contributed by atoms with Crippen molar-refractivity contribution in [3.05, 3.63) is 22.2 Å². The van der Waals surface area contributed by atoms with E-state index in [0.717, 1.165) is 53.6 Å². The number of hydrogen-bond acceptors (Lipinski definition) is 3. The molecule has 1 fully saturated rings. The fraction of sp³-hybridized carbons (Fsp3) is 0.533. The molecule has 1 aliphatic heterocycles. The Morgan fingerprint density at radius 1 is 1.25 bits per heavy atom. The first-order chi connectivity index (χ1) is 9.58. The van der Waals surface area contributed by atoms with Crippen molar-refractivity contribution in [1.29, 1.82) is 0 Å². The minimum atomic E-state index is -0.758. The monoisotopic (exact) mass is 340 g/mol. The van der Waals surface area contributed by atoms with Gasteiger partial charge in [-0.2, -0.15) is 0 Å². The minimum Gasteiger partial charge on any atom is -0.481 e. The number of halogens is 1. The zero-order valence-electron chi connectivity index (χ0n) is 11.2. The van der Waals surface area contributed by atoms with E-state index in [1.807, 2.05) is 12.1 Å². The highest BCUT2D eigenvalue weighted by molar-refractivity contribution is 9.10. The molecule has 1 aromatic rings. The van der Waals surface area contributed by atoms with Crippen molar-refractivity contribution in [2.75, 3.05) is 0 Å². The number of carboxylic acids is 1. The highest BCUT2D eigenvalue weighted by Crippen LogP contribution is 2.48. The molecule has 1 saturated carbocycles. The Morgan fingerprint density at radius 3 is 2.55 bits per heavy atom. The van der Waals surface area contributed by atoms with Gasteiger partial charge in [-0.3, -0.25) is 4.79 Å². The third-order valence-electron chi connectivity index (χ3n) is 3.91. The topological polar surface area (TPSA) is 55.8 Å². The molecule has 0 bridgehead atoms. The zero-order valence-corrected chi connectivity index (χ0v) is 12.7. The van der Waals surface area contributed by atoms with Crippen LogP contribution in [0.25, 0.3) is 0 Å². The van der Waals surface area contributed by atoms with Crippen molar-refractivity contribution in [2.24, 2.45) is 0 Å². The van der Waals surface area contributed by atoms with Gasteiger partial charge >= 0.3 is 5.97 Å². The van der Waals surface area contributed by atoms with Gasteiger partial charge in [0.1, 0.15) is 0 Å². The summed E-state index contributed by atoms with van der Waals surface area (Å²) in [7, 11) is 0. The molecule has 1 N–H and O–H groups in total.